The minimum atomic E-state index is -0.676. The molecule has 132 valence electrons. The quantitative estimate of drug-likeness (QED) is 0.804. The van der Waals surface area contributed by atoms with Crippen LogP contribution in [0.3, 0.4) is 0 Å². The van der Waals surface area contributed by atoms with Crippen molar-refractivity contribution in [3.8, 4) is 0 Å². The number of ketones is 1. The molecule has 1 aromatic rings. The lowest BCUT2D eigenvalue weighted by molar-refractivity contribution is -0.139. The molecule has 5 nitrogen and oxygen atoms in total. The Labute approximate surface area is 155 Å². The zero-order valence-corrected chi connectivity index (χ0v) is 15.1. The molecule has 2 N–H and O–H groups in total. The number of allylic oxidation sites excluding steroid dienone is 2. The van der Waals surface area contributed by atoms with E-state index in [-0.39, 0.29) is 23.8 Å². The molecule has 0 saturated heterocycles. The number of carbonyl (C=O) groups is 2. The molecular formula is C18H17Cl2NO4. The van der Waals surface area contributed by atoms with Crippen molar-refractivity contribution in [2.75, 3.05) is 6.61 Å². The first-order valence-electron chi connectivity index (χ1n) is 7.99. The lowest BCUT2D eigenvalue weighted by atomic mass is 9.77. The molecule has 0 saturated carbocycles. The van der Waals surface area contributed by atoms with Gasteiger partial charge in [-0.1, -0.05) is 29.3 Å². The average Bonchev–Trinajstić information content (AvgIpc) is 2.56. The fraction of sp³-hybridized carbons (Fsp3) is 0.333. The van der Waals surface area contributed by atoms with E-state index in [1.54, 1.807) is 25.1 Å². The standard InChI is InChI=1S/C18H17Cl2NO4/c1-2-24-18(23)16-14(9-6-7-10(19)11(20)8-9)15-12(22)4-3-5-13(15)25-17(16)21/h6-8,14H,2-5,21H2,1H3/t14-/m0/s1. The van der Waals surface area contributed by atoms with Gasteiger partial charge in [-0.3, -0.25) is 4.79 Å². The smallest absolute Gasteiger partial charge is 0.340 e. The van der Waals surface area contributed by atoms with Gasteiger partial charge in [-0.15, -0.1) is 0 Å². The number of hydrogen-bond acceptors (Lipinski definition) is 5. The maximum atomic E-state index is 12.6. The normalized spacial score (nSPS) is 20.3. The number of rotatable bonds is 3. The van der Waals surface area contributed by atoms with Crippen LogP contribution in [0.1, 0.15) is 37.7 Å². The summed E-state index contributed by atoms with van der Waals surface area (Å²) in [5.74, 6) is -0.876. The zero-order chi connectivity index (χ0) is 18.1. The summed E-state index contributed by atoms with van der Waals surface area (Å²) in [5.41, 5.74) is 7.22. The molecule has 0 fully saturated rings. The molecule has 0 spiro atoms. The Balaban J connectivity index is 2.18. The van der Waals surface area contributed by atoms with E-state index in [0.717, 1.165) is 0 Å². The van der Waals surface area contributed by atoms with Crippen molar-refractivity contribution in [2.45, 2.75) is 32.1 Å². The summed E-state index contributed by atoms with van der Waals surface area (Å²) >= 11 is 12.1. The van der Waals surface area contributed by atoms with Crippen LogP contribution in [-0.2, 0) is 19.1 Å². The molecule has 0 bridgehead atoms. The van der Waals surface area contributed by atoms with E-state index in [4.69, 9.17) is 38.4 Å². The van der Waals surface area contributed by atoms with E-state index in [1.165, 1.54) is 0 Å². The van der Waals surface area contributed by atoms with Crippen LogP contribution in [0.15, 0.2) is 41.0 Å². The van der Waals surface area contributed by atoms with Gasteiger partial charge < -0.3 is 15.2 Å². The molecule has 7 heteroatoms. The third-order valence-corrected chi connectivity index (χ3v) is 5.00. The number of benzene rings is 1. The number of ether oxygens (including phenoxy) is 2. The van der Waals surface area contributed by atoms with E-state index in [0.29, 0.717) is 46.2 Å². The Hall–Kier alpha value is -1.98. The Bertz CT molecular complexity index is 813. The highest BCUT2D eigenvalue weighted by molar-refractivity contribution is 6.42. The Kier molecular flexibility index (Phi) is 5.06. The molecule has 2 aliphatic rings. The van der Waals surface area contributed by atoms with Crippen LogP contribution < -0.4 is 5.73 Å². The third-order valence-electron chi connectivity index (χ3n) is 4.26. The topological polar surface area (TPSA) is 78.6 Å². The molecule has 3 rings (SSSR count). The van der Waals surface area contributed by atoms with Crippen molar-refractivity contribution >= 4 is 35.0 Å². The lowest BCUT2D eigenvalue weighted by Gasteiger charge is -2.32. The van der Waals surface area contributed by atoms with Gasteiger partial charge in [0.1, 0.15) is 11.3 Å². The van der Waals surface area contributed by atoms with Crippen LogP contribution in [0, 0.1) is 0 Å². The van der Waals surface area contributed by atoms with E-state index >= 15 is 0 Å². The first-order valence-corrected chi connectivity index (χ1v) is 8.75. The molecule has 1 atom stereocenters. The third kappa shape index (κ3) is 3.26. The summed E-state index contributed by atoms with van der Waals surface area (Å²) in [4.78, 5) is 25.1. The summed E-state index contributed by atoms with van der Waals surface area (Å²) in [6.07, 6.45) is 1.68. The Morgan fingerprint density at radius 3 is 2.76 bits per heavy atom. The molecule has 0 aromatic heterocycles. The molecule has 25 heavy (non-hydrogen) atoms. The Morgan fingerprint density at radius 2 is 2.08 bits per heavy atom. The largest absolute Gasteiger partial charge is 0.462 e. The fourth-order valence-electron chi connectivity index (χ4n) is 3.19. The minimum absolute atomic E-state index is 0.0389. The van der Waals surface area contributed by atoms with Gasteiger partial charge >= 0.3 is 5.97 Å². The number of Topliss-reactive ketones (excluding diaryl/α,β-unsaturated/α-hetero) is 1. The van der Waals surface area contributed by atoms with Crippen LogP contribution in [0.4, 0.5) is 0 Å². The second kappa shape index (κ2) is 7.10. The molecule has 1 aliphatic heterocycles. The van der Waals surface area contributed by atoms with Crippen molar-refractivity contribution in [2.24, 2.45) is 5.73 Å². The fourth-order valence-corrected chi connectivity index (χ4v) is 3.50. The zero-order valence-electron chi connectivity index (χ0n) is 13.6. The van der Waals surface area contributed by atoms with Gasteiger partial charge in [0, 0.05) is 18.4 Å². The predicted molar refractivity (Wildman–Crippen MR) is 94.0 cm³/mol. The minimum Gasteiger partial charge on any atom is -0.462 e. The van der Waals surface area contributed by atoms with Crippen molar-refractivity contribution in [1.82, 2.24) is 0 Å². The van der Waals surface area contributed by atoms with Crippen LogP contribution in [0.2, 0.25) is 10.0 Å². The summed E-state index contributed by atoms with van der Waals surface area (Å²) < 4.78 is 10.7. The second-order valence-corrected chi connectivity index (χ2v) is 6.63. The monoisotopic (exact) mass is 381 g/mol. The highest BCUT2D eigenvalue weighted by Crippen LogP contribution is 2.44. The first kappa shape index (κ1) is 17.8. The maximum Gasteiger partial charge on any atom is 0.340 e. The SMILES string of the molecule is CCOC(=O)C1=C(N)OC2=C(C(=O)CCC2)[C@@H]1c1ccc(Cl)c(Cl)c1. The van der Waals surface area contributed by atoms with Crippen molar-refractivity contribution < 1.29 is 19.1 Å². The maximum absolute atomic E-state index is 12.6. The van der Waals surface area contributed by atoms with Gasteiger partial charge in [-0.2, -0.15) is 0 Å². The van der Waals surface area contributed by atoms with Crippen molar-refractivity contribution in [3.63, 3.8) is 0 Å². The van der Waals surface area contributed by atoms with Crippen LogP contribution in [0.5, 0.6) is 0 Å². The lowest BCUT2D eigenvalue weighted by Crippen LogP contribution is -2.31. The van der Waals surface area contributed by atoms with Gasteiger partial charge in [-0.25, -0.2) is 4.79 Å². The average molecular weight is 382 g/mol. The van der Waals surface area contributed by atoms with Crippen LogP contribution in [0.25, 0.3) is 0 Å². The molecule has 1 aromatic carbocycles. The highest BCUT2D eigenvalue weighted by Gasteiger charge is 2.41. The number of esters is 1. The number of hydrogen-bond donors (Lipinski definition) is 1. The second-order valence-electron chi connectivity index (χ2n) is 5.82. The first-order chi connectivity index (χ1) is 11.9. The van der Waals surface area contributed by atoms with E-state index < -0.39 is 11.9 Å². The van der Waals surface area contributed by atoms with Crippen molar-refractivity contribution in [1.29, 1.82) is 0 Å². The Morgan fingerprint density at radius 1 is 1.32 bits per heavy atom. The van der Waals surface area contributed by atoms with E-state index in [2.05, 4.69) is 0 Å². The summed E-state index contributed by atoms with van der Waals surface area (Å²) in [6.45, 7) is 1.88. The molecule has 0 unspecified atom stereocenters. The van der Waals surface area contributed by atoms with Gasteiger partial charge in [0.2, 0.25) is 5.88 Å². The molecule has 1 aliphatic carbocycles. The van der Waals surface area contributed by atoms with Gasteiger partial charge in [-0.05, 0) is 31.0 Å². The van der Waals surface area contributed by atoms with Crippen molar-refractivity contribution in [3.05, 3.63) is 56.6 Å². The van der Waals surface area contributed by atoms with Crippen LogP contribution in [-0.4, -0.2) is 18.4 Å². The van der Waals surface area contributed by atoms with Gasteiger partial charge in [0.25, 0.3) is 0 Å². The summed E-state index contributed by atoms with van der Waals surface area (Å²) in [5, 5.41) is 0.717. The van der Waals surface area contributed by atoms with Crippen LogP contribution >= 0.6 is 23.2 Å². The predicted octanol–water partition coefficient (Wildman–Crippen LogP) is 3.85. The summed E-state index contributed by atoms with van der Waals surface area (Å²) in [6, 6.07) is 4.99. The molecule has 1 heterocycles. The van der Waals surface area contributed by atoms with Gasteiger partial charge in [0.05, 0.1) is 22.6 Å². The number of halogens is 2. The summed E-state index contributed by atoms with van der Waals surface area (Å²) in [7, 11) is 0. The number of carbonyl (C=O) groups excluding carboxylic acids is 2. The molecule has 0 radical (unpaired) electrons. The molecule has 0 amide bonds. The number of nitrogens with two attached hydrogens (primary N) is 1. The molecular weight excluding hydrogens is 365 g/mol. The highest BCUT2D eigenvalue weighted by atomic mass is 35.5. The van der Waals surface area contributed by atoms with E-state index in [1.807, 2.05) is 0 Å². The van der Waals surface area contributed by atoms with Gasteiger partial charge in [0.15, 0.2) is 5.78 Å². The van der Waals surface area contributed by atoms with E-state index in [9.17, 15) is 9.59 Å².